The van der Waals surface area contributed by atoms with Crippen molar-refractivity contribution < 1.29 is 0 Å². The summed E-state index contributed by atoms with van der Waals surface area (Å²) in [5.74, 6) is 0.649. The summed E-state index contributed by atoms with van der Waals surface area (Å²) in [6, 6.07) is 0. The molecule has 1 N–H and O–H groups in total. The lowest BCUT2D eigenvalue weighted by Gasteiger charge is -2.27. The van der Waals surface area contributed by atoms with Gasteiger partial charge in [-0.1, -0.05) is 0 Å². The Labute approximate surface area is 65.9 Å². The highest BCUT2D eigenvalue weighted by Gasteiger charge is 2.20. The second-order valence-corrected chi connectivity index (χ2v) is 2.92. The summed E-state index contributed by atoms with van der Waals surface area (Å²) in [4.78, 5) is 8.15. The van der Waals surface area contributed by atoms with Gasteiger partial charge in [-0.25, -0.2) is 9.97 Å². The molecule has 0 unspecified atom stereocenters. The number of hydrogen-bond donors (Lipinski definition) is 1. The van der Waals surface area contributed by atoms with E-state index < -0.39 is 0 Å². The van der Waals surface area contributed by atoms with Gasteiger partial charge in [0.15, 0.2) is 0 Å². The Hall–Kier alpha value is -0.960. The van der Waals surface area contributed by atoms with Gasteiger partial charge >= 0.3 is 0 Å². The van der Waals surface area contributed by atoms with Crippen LogP contribution in [0.3, 0.4) is 0 Å². The molecule has 1 aromatic rings. The van der Waals surface area contributed by atoms with Gasteiger partial charge in [0.2, 0.25) is 0 Å². The number of hydrogen-bond acceptors (Lipinski definition) is 3. The van der Waals surface area contributed by atoms with E-state index in [0.29, 0.717) is 5.92 Å². The lowest BCUT2D eigenvalue weighted by Crippen LogP contribution is -2.40. The Morgan fingerprint density at radius 1 is 1.55 bits per heavy atom. The largest absolute Gasteiger partial charge is 0.315 e. The van der Waals surface area contributed by atoms with Gasteiger partial charge in [0.05, 0.1) is 0 Å². The van der Waals surface area contributed by atoms with Crippen LogP contribution in [0, 0.1) is 6.92 Å². The van der Waals surface area contributed by atoms with Crippen molar-refractivity contribution in [2.75, 3.05) is 13.1 Å². The molecule has 3 heteroatoms. The molecular formula is C8H11N3. The van der Waals surface area contributed by atoms with Crippen molar-refractivity contribution in [3.63, 3.8) is 0 Å². The van der Waals surface area contributed by atoms with E-state index in [4.69, 9.17) is 0 Å². The molecular weight excluding hydrogens is 138 g/mol. The lowest BCUT2D eigenvalue weighted by atomic mass is 9.94. The summed E-state index contributed by atoms with van der Waals surface area (Å²) in [5, 5.41) is 3.23. The first-order valence-electron chi connectivity index (χ1n) is 3.85. The Balaban J connectivity index is 2.28. The maximum atomic E-state index is 4.14. The molecule has 1 aliphatic rings. The van der Waals surface area contributed by atoms with Crippen LogP contribution in [-0.4, -0.2) is 23.1 Å². The molecule has 0 radical (unpaired) electrons. The Morgan fingerprint density at radius 3 is 2.91 bits per heavy atom. The van der Waals surface area contributed by atoms with Crippen molar-refractivity contribution >= 4 is 0 Å². The predicted octanol–water partition coefficient (Wildman–Crippen LogP) is 0.472. The standard InChI is InChI=1S/C8H11N3/c1-6-8(4-10-5-11-6)7-2-9-3-7/h4-5,7,9H,2-3H2,1H3. The minimum absolute atomic E-state index is 0.649. The number of rotatable bonds is 1. The predicted molar refractivity (Wildman–Crippen MR) is 42.4 cm³/mol. The molecule has 1 fully saturated rings. The van der Waals surface area contributed by atoms with E-state index in [1.165, 1.54) is 5.56 Å². The molecule has 0 atom stereocenters. The van der Waals surface area contributed by atoms with Gasteiger partial charge in [0.25, 0.3) is 0 Å². The number of aromatic nitrogens is 2. The van der Waals surface area contributed by atoms with E-state index in [1.54, 1.807) is 6.33 Å². The van der Waals surface area contributed by atoms with E-state index in [-0.39, 0.29) is 0 Å². The van der Waals surface area contributed by atoms with Crippen LogP contribution < -0.4 is 5.32 Å². The zero-order valence-electron chi connectivity index (χ0n) is 6.54. The van der Waals surface area contributed by atoms with Crippen LogP contribution in [-0.2, 0) is 0 Å². The fraction of sp³-hybridized carbons (Fsp3) is 0.500. The van der Waals surface area contributed by atoms with Gasteiger partial charge in [-0.05, 0) is 12.5 Å². The molecule has 0 spiro atoms. The van der Waals surface area contributed by atoms with Crippen LogP contribution in [0.5, 0.6) is 0 Å². The molecule has 11 heavy (non-hydrogen) atoms. The maximum absolute atomic E-state index is 4.14. The van der Waals surface area contributed by atoms with Crippen molar-refractivity contribution in [1.29, 1.82) is 0 Å². The Bertz CT molecular complexity index is 255. The molecule has 1 saturated heterocycles. The van der Waals surface area contributed by atoms with Gasteiger partial charge in [0, 0.05) is 30.9 Å². The second kappa shape index (κ2) is 2.58. The molecule has 0 aliphatic carbocycles. The number of nitrogens with one attached hydrogen (secondary N) is 1. The first-order valence-corrected chi connectivity index (χ1v) is 3.85. The van der Waals surface area contributed by atoms with Crippen molar-refractivity contribution in [2.45, 2.75) is 12.8 Å². The zero-order valence-corrected chi connectivity index (χ0v) is 6.54. The van der Waals surface area contributed by atoms with Crippen LogP contribution in [0.25, 0.3) is 0 Å². The van der Waals surface area contributed by atoms with Crippen molar-refractivity contribution in [2.24, 2.45) is 0 Å². The third kappa shape index (κ3) is 1.12. The molecule has 1 aliphatic heterocycles. The fourth-order valence-corrected chi connectivity index (χ4v) is 1.31. The highest BCUT2D eigenvalue weighted by Crippen LogP contribution is 2.20. The quantitative estimate of drug-likeness (QED) is 0.630. The van der Waals surface area contributed by atoms with Gasteiger partial charge < -0.3 is 5.32 Å². The minimum atomic E-state index is 0.649. The molecule has 3 nitrogen and oxygen atoms in total. The van der Waals surface area contributed by atoms with Gasteiger partial charge in [-0.15, -0.1) is 0 Å². The van der Waals surface area contributed by atoms with E-state index in [0.717, 1.165) is 18.8 Å². The topological polar surface area (TPSA) is 37.8 Å². The third-order valence-electron chi connectivity index (χ3n) is 2.17. The van der Waals surface area contributed by atoms with Crippen LogP contribution in [0.1, 0.15) is 17.2 Å². The normalized spacial score (nSPS) is 17.9. The number of nitrogens with zero attached hydrogens (tertiary/aromatic N) is 2. The monoisotopic (exact) mass is 149 g/mol. The highest BCUT2D eigenvalue weighted by atomic mass is 15.0. The Kier molecular flexibility index (Phi) is 1.58. The zero-order chi connectivity index (χ0) is 7.68. The Morgan fingerprint density at radius 2 is 2.36 bits per heavy atom. The van der Waals surface area contributed by atoms with Gasteiger partial charge in [-0.2, -0.15) is 0 Å². The first-order chi connectivity index (χ1) is 5.38. The van der Waals surface area contributed by atoms with Crippen LogP contribution >= 0.6 is 0 Å². The summed E-state index contributed by atoms with van der Waals surface area (Å²) in [5.41, 5.74) is 2.41. The molecule has 0 aromatic carbocycles. The average Bonchev–Trinajstić information content (AvgIpc) is 1.90. The highest BCUT2D eigenvalue weighted by molar-refractivity contribution is 5.22. The van der Waals surface area contributed by atoms with Gasteiger partial charge in [0.1, 0.15) is 6.33 Å². The van der Waals surface area contributed by atoms with E-state index in [1.807, 2.05) is 13.1 Å². The van der Waals surface area contributed by atoms with Crippen molar-refractivity contribution in [3.05, 3.63) is 23.8 Å². The van der Waals surface area contributed by atoms with Crippen molar-refractivity contribution in [1.82, 2.24) is 15.3 Å². The van der Waals surface area contributed by atoms with Crippen LogP contribution in [0.2, 0.25) is 0 Å². The molecule has 1 aromatic heterocycles. The molecule has 0 amide bonds. The first kappa shape index (κ1) is 6.73. The van der Waals surface area contributed by atoms with E-state index in [2.05, 4.69) is 15.3 Å². The second-order valence-electron chi connectivity index (χ2n) is 2.92. The van der Waals surface area contributed by atoms with Gasteiger partial charge in [-0.3, -0.25) is 0 Å². The average molecular weight is 149 g/mol. The van der Waals surface area contributed by atoms with Crippen LogP contribution in [0.15, 0.2) is 12.5 Å². The summed E-state index contributed by atoms with van der Waals surface area (Å²) >= 11 is 0. The third-order valence-corrected chi connectivity index (χ3v) is 2.17. The van der Waals surface area contributed by atoms with E-state index in [9.17, 15) is 0 Å². The molecule has 2 rings (SSSR count). The van der Waals surface area contributed by atoms with Crippen molar-refractivity contribution in [3.8, 4) is 0 Å². The smallest absolute Gasteiger partial charge is 0.115 e. The van der Waals surface area contributed by atoms with Crippen LogP contribution in [0.4, 0.5) is 0 Å². The molecule has 58 valence electrons. The SMILES string of the molecule is Cc1ncncc1C1CNC1. The minimum Gasteiger partial charge on any atom is -0.315 e. The molecule has 0 saturated carbocycles. The summed E-state index contributed by atoms with van der Waals surface area (Å²) in [7, 11) is 0. The fourth-order valence-electron chi connectivity index (χ4n) is 1.31. The molecule has 0 bridgehead atoms. The summed E-state index contributed by atoms with van der Waals surface area (Å²) < 4.78 is 0. The lowest BCUT2D eigenvalue weighted by molar-refractivity contribution is 0.444. The summed E-state index contributed by atoms with van der Waals surface area (Å²) in [6.07, 6.45) is 3.53. The molecule has 2 heterocycles. The maximum Gasteiger partial charge on any atom is 0.115 e. The van der Waals surface area contributed by atoms with E-state index >= 15 is 0 Å². The summed E-state index contributed by atoms with van der Waals surface area (Å²) in [6.45, 7) is 4.19. The number of aryl methyl sites for hydroxylation is 1.